The molecule has 0 nitrogen and oxygen atoms in total. The first-order valence-corrected chi connectivity index (χ1v) is 5.26. The van der Waals surface area contributed by atoms with E-state index >= 15 is 0 Å². The van der Waals surface area contributed by atoms with Gasteiger partial charge in [0.2, 0.25) is 0 Å². The molecule has 12 heavy (non-hydrogen) atoms. The van der Waals surface area contributed by atoms with Gasteiger partial charge in [0.25, 0.3) is 0 Å². The van der Waals surface area contributed by atoms with Gasteiger partial charge < -0.3 is 0 Å². The van der Waals surface area contributed by atoms with Crippen LogP contribution in [0.25, 0.3) is 0 Å². The van der Waals surface area contributed by atoms with E-state index in [0.29, 0.717) is 5.41 Å². The maximum absolute atomic E-state index is 2.45. The summed E-state index contributed by atoms with van der Waals surface area (Å²) in [5.74, 6) is 0. The predicted molar refractivity (Wildman–Crippen MR) is 55.2 cm³/mol. The van der Waals surface area contributed by atoms with Crippen molar-refractivity contribution < 1.29 is 0 Å². The van der Waals surface area contributed by atoms with Crippen LogP contribution in [0.3, 0.4) is 0 Å². The first-order chi connectivity index (χ1) is 5.62. The summed E-state index contributed by atoms with van der Waals surface area (Å²) in [6.07, 6.45) is 11.0. The summed E-state index contributed by atoms with van der Waals surface area (Å²) in [6, 6.07) is 0. The van der Waals surface area contributed by atoms with E-state index in [9.17, 15) is 0 Å². The van der Waals surface area contributed by atoms with Gasteiger partial charge in [-0.15, -0.1) is 0 Å². The average Bonchev–Trinajstić information content (AvgIpc) is 2.03. The largest absolute Gasteiger partial charge is 0.0853 e. The molecule has 1 saturated carbocycles. The van der Waals surface area contributed by atoms with Gasteiger partial charge in [-0.1, -0.05) is 37.8 Å². The van der Waals surface area contributed by atoms with Gasteiger partial charge in [0.1, 0.15) is 0 Å². The molecule has 1 aliphatic carbocycles. The van der Waals surface area contributed by atoms with Crippen molar-refractivity contribution in [1.29, 1.82) is 0 Å². The molecule has 0 aromatic carbocycles. The van der Waals surface area contributed by atoms with Crippen LogP contribution in [0.5, 0.6) is 0 Å². The van der Waals surface area contributed by atoms with Crippen molar-refractivity contribution in [1.82, 2.24) is 0 Å². The molecule has 0 unspecified atom stereocenters. The number of allylic oxidation sites excluding steroid dienone is 2. The lowest BCUT2D eigenvalue weighted by Crippen LogP contribution is -2.18. The topological polar surface area (TPSA) is 0 Å². The molecule has 0 N–H and O–H groups in total. The Hall–Kier alpha value is -0.260. The molecule has 0 aromatic rings. The van der Waals surface area contributed by atoms with Crippen molar-refractivity contribution in [3.05, 3.63) is 11.6 Å². The highest BCUT2D eigenvalue weighted by atomic mass is 14.3. The Bertz CT molecular complexity index is 155. The summed E-state index contributed by atoms with van der Waals surface area (Å²) < 4.78 is 0. The summed E-state index contributed by atoms with van der Waals surface area (Å²) in [6.45, 7) is 6.85. The van der Waals surface area contributed by atoms with Gasteiger partial charge in [-0.25, -0.2) is 0 Å². The fraction of sp³-hybridized carbons (Fsp3) is 0.833. The van der Waals surface area contributed by atoms with Gasteiger partial charge in [-0.3, -0.25) is 0 Å². The maximum atomic E-state index is 2.45. The van der Waals surface area contributed by atoms with Crippen molar-refractivity contribution in [2.24, 2.45) is 5.41 Å². The standard InChI is InChI=1S/C12H22/c1-11(2)7-10-12(3)8-5-4-6-9-12/h7H,4-6,8-10H2,1-3H3. The molecular weight excluding hydrogens is 144 g/mol. The van der Waals surface area contributed by atoms with Crippen molar-refractivity contribution in [3.8, 4) is 0 Å². The molecule has 0 saturated heterocycles. The molecule has 0 heteroatoms. The van der Waals surface area contributed by atoms with Crippen molar-refractivity contribution in [2.45, 2.75) is 59.3 Å². The normalized spacial score (nSPS) is 21.9. The van der Waals surface area contributed by atoms with Crippen LogP contribution in [0.1, 0.15) is 59.3 Å². The van der Waals surface area contributed by atoms with Gasteiger partial charge in [-0.2, -0.15) is 0 Å². The van der Waals surface area contributed by atoms with E-state index in [1.165, 1.54) is 44.1 Å². The lowest BCUT2D eigenvalue weighted by atomic mass is 9.73. The molecule has 0 heterocycles. The molecule has 0 radical (unpaired) electrons. The molecule has 1 rings (SSSR count). The Morgan fingerprint density at radius 2 is 1.75 bits per heavy atom. The quantitative estimate of drug-likeness (QED) is 0.536. The van der Waals surface area contributed by atoms with Crippen LogP contribution in [-0.4, -0.2) is 0 Å². The highest BCUT2D eigenvalue weighted by molar-refractivity contribution is 4.97. The van der Waals surface area contributed by atoms with E-state index < -0.39 is 0 Å². The fourth-order valence-electron chi connectivity index (χ4n) is 2.06. The number of rotatable bonds is 2. The van der Waals surface area contributed by atoms with Crippen LogP contribution >= 0.6 is 0 Å². The molecule has 70 valence electrons. The SMILES string of the molecule is CC(C)=CCC1(C)CCCCC1. The predicted octanol–water partition coefficient (Wildman–Crippen LogP) is 4.31. The Kier molecular flexibility index (Phi) is 3.37. The van der Waals surface area contributed by atoms with Gasteiger partial charge in [0.15, 0.2) is 0 Å². The highest BCUT2D eigenvalue weighted by Gasteiger charge is 2.24. The van der Waals surface area contributed by atoms with Gasteiger partial charge in [0, 0.05) is 0 Å². The van der Waals surface area contributed by atoms with Crippen molar-refractivity contribution >= 4 is 0 Å². The molecule has 0 amide bonds. The molecule has 0 spiro atoms. The van der Waals surface area contributed by atoms with E-state index in [2.05, 4.69) is 26.8 Å². The van der Waals surface area contributed by atoms with Crippen LogP contribution in [-0.2, 0) is 0 Å². The number of hydrogen-bond acceptors (Lipinski definition) is 0. The van der Waals surface area contributed by atoms with E-state index in [4.69, 9.17) is 0 Å². The summed E-state index contributed by atoms with van der Waals surface area (Å²) >= 11 is 0. The molecular formula is C12H22. The fourth-order valence-corrected chi connectivity index (χ4v) is 2.06. The first kappa shape index (κ1) is 9.83. The maximum Gasteiger partial charge on any atom is -0.0291 e. The van der Waals surface area contributed by atoms with Gasteiger partial charge in [-0.05, 0) is 38.5 Å². The Morgan fingerprint density at radius 3 is 2.25 bits per heavy atom. The van der Waals surface area contributed by atoms with E-state index in [-0.39, 0.29) is 0 Å². The molecule has 1 aliphatic rings. The minimum absolute atomic E-state index is 0.634. The summed E-state index contributed by atoms with van der Waals surface area (Å²) in [7, 11) is 0. The van der Waals surface area contributed by atoms with Crippen LogP contribution < -0.4 is 0 Å². The van der Waals surface area contributed by atoms with Crippen LogP contribution in [0.2, 0.25) is 0 Å². The van der Waals surface area contributed by atoms with Crippen molar-refractivity contribution in [2.75, 3.05) is 0 Å². The van der Waals surface area contributed by atoms with E-state index in [0.717, 1.165) is 0 Å². The summed E-state index contributed by atoms with van der Waals surface area (Å²) in [5, 5.41) is 0. The Morgan fingerprint density at radius 1 is 1.17 bits per heavy atom. The van der Waals surface area contributed by atoms with Gasteiger partial charge >= 0.3 is 0 Å². The third-order valence-corrected chi connectivity index (χ3v) is 3.06. The lowest BCUT2D eigenvalue weighted by Gasteiger charge is -2.32. The highest BCUT2D eigenvalue weighted by Crippen LogP contribution is 2.39. The second kappa shape index (κ2) is 4.11. The lowest BCUT2D eigenvalue weighted by molar-refractivity contribution is 0.219. The Balaban J connectivity index is 2.41. The van der Waals surface area contributed by atoms with Gasteiger partial charge in [0.05, 0.1) is 0 Å². The summed E-state index contributed by atoms with van der Waals surface area (Å²) in [4.78, 5) is 0. The molecule has 0 aliphatic heterocycles. The first-order valence-electron chi connectivity index (χ1n) is 5.26. The van der Waals surface area contributed by atoms with Crippen LogP contribution in [0, 0.1) is 5.41 Å². The second-order valence-electron chi connectivity index (χ2n) is 4.86. The minimum atomic E-state index is 0.634. The molecule has 0 atom stereocenters. The van der Waals surface area contributed by atoms with Crippen LogP contribution in [0.4, 0.5) is 0 Å². The zero-order valence-corrected chi connectivity index (χ0v) is 8.82. The molecule has 0 aromatic heterocycles. The second-order valence-corrected chi connectivity index (χ2v) is 4.86. The molecule has 1 fully saturated rings. The minimum Gasteiger partial charge on any atom is -0.0853 e. The van der Waals surface area contributed by atoms with Crippen molar-refractivity contribution in [3.63, 3.8) is 0 Å². The Labute approximate surface area is 77.1 Å². The third kappa shape index (κ3) is 3.00. The average molecular weight is 166 g/mol. The molecule has 0 bridgehead atoms. The van der Waals surface area contributed by atoms with E-state index in [1.54, 1.807) is 0 Å². The smallest absolute Gasteiger partial charge is 0.0291 e. The summed E-state index contributed by atoms with van der Waals surface area (Å²) in [5.41, 5.74) is 2.11. The monoisotopic (exact) mass is 166 g/mol. The zero-order chi connectivity index (χ0) is 9.03. The zero-order valence-electron chi connectivity index (χ0n) is 8.82. The van der Waals surface area contributed by atoms with E-state index in [1.807, 2.05) is 0 Å². The number of hydrogen-bond donors (Lipinski definition) is 0. The van der Waals surface area contributed by atoms with Crippen LogP contribution in [0.15, 0.2) is 11.6 Å². The third-order valence-electron chi connectivity index (χ3n) is 3.06.